The fourth-order valence-electron chi connectivity index (χ4n) is 4.57. The molecule has 10 heteroatoms. The molecule has 0 saturated heterocycles. The average Bonchev–Trinajstić information content (AvgIpc) is 2.92. The molecule has 0 spiro atoms. The molecule has 198 valence electrons. The SMILES string of the molecule is Cc1cc2c(N)nccc2c(C)c1CNc1cc(NCc2ccc(Cn3cc(Cl)cc(Cl)c3=O)cc2)ncn1. The number of rotatable bonds is 8. The number of aromatic nitrogens is 4. The first kappa shape index (κ1) is 26.5. The largest absolute Gasteiger partial charge is 0.383 e. The molecule has 3 heterocycles. The highest BCUT2D eigenvalue weighted by Gasteiger charge is 2.11. The maximum Gasteiger partial charge on any atom is 0.269 e. The highest BCUT2D eigenvalue weighted by atomic mass is 35.5. The molecule has 0 atom stereocenters. The number of anilines is 3. The highest BCUT2D eigenvalue weighted by Crippen LogP contribution is 2.28. The molecule has 0 aliphatic rings. The van der Waals surface area contributed by atoms with Crippen molar-refractivity contribution in [3.8, 4) is 0 Å². The van der Waals surface area contributed by atoms with E-state index in [2.05, 4.69) is 45.5 Å². The molecule has 0 bridgehead atoms. The van der Waals surface area contributed by atoms with Crippen LogP contribution >= 0.6 is 23.2 Å². The molecule has 8 nitrogen and oxygen atoms in total. The van der Waals surface area contributed by atoms with Crippen molar-refractivity contribution in [2.75, 3.05) is 16.4 Å². The molecule has 39 heavy (non-hydrogen) atoms. The quantitative estimate of drug-likeness (QED) is 0.215. The van der Waals surface area contributed by atoms with Gasteiger partial charge in [-0.2, -0.15) is 0 Å². The number of nitrogens with one attached hydrogen (secondary N) is 2. The molecule has 0 amide bonds. The first-order valence-electron chi connectivity index (χ1n) is 12.3. The van der Waals surface area contributed by atoms with Crippen LogP contribution < -0.4 is 21.9 Å². The van der Waals surface area contributed by atoms with Gasteiger partial charge < -0.3 is 20.9 Å². The number of aryl methyl sites for hydroxylation is 2. The normalized spacial score (nSPS) is 11.1. The molecule has 0 radical (unpaired) electrons. The number of nitrogen functional groups attached to an aromatic ring is 1. The van der Waals surface area contributed by atoms with Gasteiger partial charge in [0.2, 0.25) is 0 Å². The van der Waals surface area contributed by atoms with Gasteiger partial charge in [-0.05, 0) is 65.3 Å². The second-order valence-electron chi connectivity index (χ2n) is 9.34. The minimum absolute atomic E-state index is 0.104. The molecule has 0 fully saturated rings. The van der Waals surface area contributed by atoms with E-state index in [1.165, 1.54) is 28.1 Å². The van der Waals surface area contributed by atoms with Crippen LogP contribution in [0.4, 0.5) is 17.5 Å². The van der Waals surface area contributed by atoms with Gasteiger partial charge in [0.1, 0.15) is 28.8 Å². The minimum atomic E-state index is -0.270. The summed E-state index contributed by atoms with van der Waals surface area (Å²) >= 11 is 12.0. The summed E-state index contributed by atoms with van der Waals surface area (Å²) in [5, 5.41) is 9.36. The van der Waals surface area contributed by atoms with E-state index < -0.39 is 0 Å². The van der Waals surface area contributed by atoms with Crippen molar-refractivity contribution in [1.82, 2.24) is 19.5 Å². The van der Waals surface area contributed by atoms with Crippen LogP contribution in [0.2, 0.25) is 10.0 Å². The molecule has 0 aliphatic carbocycles. The zero-order valence-electron chi connectivity index (χ0n) is 21.5. The van der Waals surface area contributed by atoms with E-state index in [9.17, 15) is 4.79 Å². The van der Waals surface area contributed by atoms with Gasteiger partial charge in [0, 0.05) is 36.9 Å². The van der Waals surface area contributed by atoms with E-state index in [1.807, 2.05) is 36.4 Å². The third-order valence-corrected chi connectivity index (χ3v) is 7.16. The van der Waals surface area contributed by atoms with Crippen LogP contribution in [0.25, 0.3) is 10.8 Å². The summed E-state index contributed by atoms with van der Waals surface area (Å²) < 4.78 is 1.50. The third-order valence-electron chi connectivity index (χ3n) is 6.69. The molecule has 0 unspecified atom stereocenters. The molecule has 0 aliphatic heterocycles. The summed E-state index contributed by atoms with van der Waals surface area (Å²) in [6, 6.07) is 15.4. The van der Waals surface area contributed by atoms with Crippen molar-refractivity contribution in [3.63, 3.8) is 0 Å². The van der Waals surface area contributed by atoms with Crippen molar-refractivity contribution in [2.45, 2.75) is 33.5 Å². The van der Waals surface area contributed by atoms with E-state index in [-0.39, 0.29) is 10.6 Å². The van der Waals surface area contributed by atoms with Gasteiger partial charge in [0.05, 0.1) is 11.6 Å². The lowest BCUT2D eigenvalue weighted by Crippen LogP contribution is -2.20. The fraction of sp³-hybridized carbons (Fsp3) is 0.172. The number of fused-ring (bicyclic) bond motifs is 1. The number of halogens is 2. The van der Waals surface area contributed by atoms with E-state index in [4.69, 9.17) is 28.9 Å². The smallest absolute Gasteiger partial charge is 0.269 e. The second-order valence-corrected chi connectivity index (χ2v) is 10.2. The van der Waals surface area contributed by atoms with Crippen LogP contribution in [-0.4, -0.2) is 19.5 Å². The molecular weight excluding hydrogens is 533 g/mol. The number of hydrogen-bond acceptors (Lipinski definition) is 7. The Hall–Kier alpha value is -4.14. The maximum absolute atomic E-state index is 12.2. The van der Waals surface area contributed by atoms with Crippen LogP contribution in [-0.2, 0) is 19.6 Å². The van der Waals surface area contributed by atoms with Crippen LogP contribution in [0.3, 0.4) is 0 Å². The number of nitrogens with two attached hydrogens (primary N) is 1. The summed E-state index contributed by atoms with van der Waals surface area (Å²) in [6.45, 7) is 5.77. The number of pyridine rings is 2. The van der Waals surface area contributed by atoms with Gasteiger partial charge in [-0.15, -0.1) is 0 Å². The Morgan fingerprint density at radius 3 is 2.31 bits per heavy atom. The summed E-state index contributed by atoms with van der Waals surface area (Å²) in [5.41, 5.74) is 11.4. The standard InChI is InChI=1S/C29H27Cl2N7O/c1-17-9-23-22(7-8-33-28(23)32)18(2)24(17)13-35-27-11-26(36-16-37-27)34-12-19-3-5-20(6-4-19)14-38-15-21(30)10-25(31)29(38)39/h3-11,15-16H,12-14H2,1-2H3,(H2,32,33)(H2,34,35,36,37). The summed E-state index contributed by atoms with van der Waals surface area (Å²) in [5.74, 6) is 1.98. The second kappa shape index (κ2) is 11.3. The lowest BCUT2D eigenvalue weighted by Gasteiger charge is -2.15. The molecule has 3 aromatic heterocycles. The third kappa shape index (κ3) is 5.97. The van der Waals surface area contributed by atoms with Crippen molar-refractivity contribution in [3.05, 3.63) is 115 Å². The maximum atomic E-state index is 12.2. The Bertz CT molecular complexity index is 1720. The van der Waals surface area contributed by atoms with E-state index in [0.29, 0.717) is 36.3 Å². The van der Waals surface area contributed by atoms with Crippen LogP contribution in [0.5, 0.6) is 0 Å². The molecular formula is C29H27Cl2N7O. The first-order valence-corrected chi connectivity index (χ1v) is 13.1. The van der Waals surface area contributed by atoms with Gasteiger partial charge in [-0.1, -0.05) is 47.5 Å². The zero-order valence-corrected chi connectivity index (χ0v) is 23.0. The lowest BCUT2D eigenvalue weighted by molar-refractivity contribution is 0.759. The van der Waals surface area contributed by atoms with E-state index >= 15 is 0 Å². The zero-order chi connectivity index (χ0) is 27.5. The van der Waals surface area contributed by atoms with Gasteiger partial charge in [-0.25, -0.2) is 15.0 Å². The Labute approximate surface area is 235 Å². The summed E-state index contributed by atoms with van der Waals surface area (Å²) in [7, 11) is 0. The topological polar surface area (TPSA) is 111 Å². The van der Waals surface area contributed by atoms with Crippen molar-refractivity contribution in [1.29, 1.82) is 0 Å². The lowest BCUT2D eigenvalue weighted by atomic mass is 9.96. The van der Waals surface area contributed by atoms with Crippen molar-refractivity contribution in [2.24, 2.45) is 0 Å². The number of nitrogens with zero attached hydrogens (tertiary/aromatic N) is 4. The molecule has 5 rings (SSSR count). The van der Waals surface area contributed by atoms with E-state index in [0.717, 1.165) is 33.3 Å². The minimum Gasteiger partial charge on any atom is -0.383 e. The predicted octanol–water partition coefficient (Wildman–Crippen LogP) is 5.96. The molecule has 0 saturated carbocycles. The number of hydrogen-bond donors (Lipinski definition) is 3. The monoisotopic (exact) mass is 559 g/mol. The fourth-order valence-corrected chi connectivity index (χ4v) is 5.07. The Kier molecular flexibility index (Phi) is 7.67. The van der Waals surface area contributed by atoms with Gasteiger partial charge in [0.15, 0.2) is 0 Å². The Balaban J connectivity index is 1.22. The van der Waals surface area contributed by atoms with Crippen LogP contribution in [0.15, 0.2) is 72.0 Å². The Morgan fingerprint density at radius 1 is 0.872 bits per heavy atom. The highest BCUT2D eigenvalue weighted by molar-refractivity contribution is 6.34. The van der Waals surface area contributed by atoms with Gasteiger partial charge >= 0.3 is 0 Å². The van der Waals surface area contributed by atoms with Gasteiger partial charge in [-0.3, -0.25) is 4.79 Å². The van der Waals surface area contributed by atoms with Crippen LogP contribution in [0, 0.1) is 13.8 Å². The van der Waals surface area contributed by atoms with Crippen molar-refractivity contribution >= 4 is 51.4 Å². The Morgan fingerprint density at radius 2 is 1.56 bits per heavy atom. The van der Waals surface area contributed by atoms with E-state index in [1.54, 1.807) is 12.4 Å². The van der Waals surface area contributed by atoms with Crippen LogP contribution in [0.1, 0.15) is 27.8 Å². The van der Waals surface area contributed by atoms with Gasteiger partial charge in [0.25, 0.3) is 5.56 Å². The summed E-state index contributed by atoms with van der Waals surface area (Å²) in [6.07, 6.45) is 4.86. The first-order chi connectivity index (χ1) is 18.8. The molecule has 2 aromatic carbocycles. The number of benzene rings is 2. The molecule has 4 N–H and O–H groups in total. The predicted molar refractivity (Wildman–Crippen MR) is 159 cm³/mol. The summed E-state index contributed by atoms with van der Waals surface area (Å²) in [4.78, 5) is 25.2. The average molecular weight is 560 g/mol. The van der Waals surface area contributed by atoms with Crippen molar-refractivity contribution < 1.29 is 0 Å². The molecule has 5 aromatic rings.